The monoisotopic (exact) mass is 332 g/mol. The van der Waals surface area contributed by atoms with E-state index in [-0.39, 0.29) is 11.6 Å². The van der Waals surface area contributed by atoms with E-state index in [9.17, 15) is 0 Å². The fourth-order valence-electron chi connectivity index (χ4n) is 3.13. The van der Waals surface area contributed by atoms with E-state index in [2.05, 4.69) is 39.0 Å². The van der Waals surface area contributed by atoms with Gasteiger partial charge in [-0.2, -0.15) is 11.3 Å². The maximum atomic E-state index is 5.92. The van der Waals surface area contributed by atoms with Crippen molar-refractivity contribution in [1.82, 2.24) is 5.43 Å². The molecule has 0 aromatic carbocycles. The highest BCUT2D eigenvalue weighted by molar-refractivity contribution is 9.10. The van der Waals surface area contributed by atoms with E-state index in [4.69, 9.17) is 10.6 Å². The van der Waals surface area contributed by atoms with Crippen molar-refractivity contribution in [1.29, 1.82) is 0 Å². The number of nitrogens with one attached hydrogen (secondary N) is 1. The highest BCUT2D eigenvalue weighted by Crippen LogP contribution is 2.45. The van der Waals surface area contributed by atoms with Crippen molar-refractivity contribution in [3.05, 3.63) is 20.8 Å². The van der Waals surface area contributed by atoms with Gasteiger partial charge in [0.15, 0.2) is 0 Å². The zero-order valence-corrected chi connectivity index (χ0v) is 13.3. The summed E-state index contributed by atoms with van der Waals surface area (Å²) >= 11 is 5.29. The third-order valence-corrected chi connectivity index (χ3v) is 5.80. The normalized spacial score (nSPS) is 30.3. The molecule has 1 fully saturated rings. The molecule has 1 saturated carbocycles. The maximum Gasteiger partial charge on any atom is 0.0888 e. The van der Waals surface area contributed by atoms with Gasteiger partial charge in [-0.3, -0.25) is 5.84 Å². The fraction of sp³-hybridized carbons (Fsp3) is 0.692. The van der Waals surface area contributed by atoms with Crippen LogP contribution in [0.5, 0.6) is 0 Å². The number of hydrogen-bond acceptors (Lipinski definition) is 4. The maximum absolute atomic E-state index is 5.92. The first kappa shape index (κ1) is 14.5. The van der Waals surface area contributed by atoms with Crippen molar-refractivity contribution in [2.24, 2.45) is 11.8 Å². The number of ether oxygens (including phenoxy) is 1. The Morgan fingerprint density at radius 1 is 1.61 bits per heavy atom. The van der Waals surface area contributed by atoms with Gasteiger partial charge in [0.25, 0.3) is 0 Å². The van der Waals surface area contributed by atoms with E-state index < -0.39 is 0 Å². The Hall–Kier alpha value is 0.0600. The lowest BCUT2D eigenvalue weighted by molar-refractivity contribution is -0.0807. The van der Waals surface area contributed by atoms with E-state index in [0.717, 1.165) is 17.3 Å². The molecule has 1 aromatic rings. The van der Waals surface area contributed by atoms with Crippen LogP contribution in [-0.4, -0.2) is 12.7 Å². The van der Waals surface area contributed by atoms with Crippen LogP contribution in [0.1, 0.15) is 44.2 Å². The Morgan fingerprint density at radius 3 is 2.89 bits per heavy atom. The molecule has 3 N–H and O–H groups in total. The van der Waals surface area contributed by atoms with Crippen molar-refractivity contribution < 1.29 is 4.74 Å². The predicted octanol–water partition coefficient (Wildman–Crippen LogP) is 3.61. The molecular weight excluding hydrogens is 312 g/mol. The second-order valence-electron chi connectivity index (χ2n) is 5.25. The number of hydrazine groups is 1. The first-order valence-corrected chi connectivity index (χ1v) is 8.09. The molecule has 1 aliphatic rings. The van der Waals surface area contributed by atoms with Crippen LogP contribution in [0.15, 0.2) is 15.2 Å². The van der Waals surface area contributed by atoms with E-state index >= 15 is 0 Å². The Bertz CT molecular complexity index is 398. The Morgan fingerprint density at radius 2 is 2.39 bits per heavy atom. The SMILES string of the molecule is COC1(C(NN)c2cscc2Br)CCCC(C)C1. The van der Waals surface area contributed by atoms with Gasteiger partial charge in [0.05, 0.1) is 11.6 Å². The van der Waals surface area contributed by atoms with Crippen molar-refractivity contribution in [3.8, 4) is 0 Å². The number of halogens is 1. The third-order valence-electron chi connectivity index (χ3n) is 4.04. The standard InChI is InChI=1S/C13H21BrN2OS/c1-9-4-3-5-13(6-9,17-2)12(16-15)10-7-18-8-11(10)14/h7-9,12,16H,3-6,15H2,1-2H3. The fourth-order valence-corrected chi connectivity index (χ4v) is 4.68. The number of thiophene rings is 1. The van der Waals surface area contributed by atoms with Gasteiger partial charge >= 0.3 is 0 Å². The minimum Gasteiger partial charge on any atom is -0.376 e. The highest BCUT2D eigenvalue weighted by atomic mass is 79.9. The number of methoxy groups -OCH3 is 1. The lowest BCUT2D eigenvalue weighted by Crippen LogP contribution is -2.50. The molecule has 5 heteroatoms. The number of rotatable bonds is 4. The van der Waals surface area contributed by atoms with Crippen LogP contribution < -0.4 is 11.3 Å². The Balaban J connectivity index is 2.32. The molecule has 0 amide bonds. The van der Waals surface area contributed by atoms with Crippen LogP contribution in [-0.2, 0) is 4.74 Å². The minimum absolute atomic E-state index is 0.0471. The zero-order valence-electron chi connectivity index (χ0n) is 10.9. The molecule has 0 aliphatic heterocycles. The predicted molar refractivity (Wildman–Crippen MR) is 79.5 cm³/mol. The van der Waals surface area contributed by atoms with Gasteiger partial charge in [0.1, 0.15) is 0 Å². The third kappa shape index (κ3) is 2.65. The molecular formula is C13H21BrN2OS. The van der Waals surface area contributed by atoms with Crippen LogP contribution in [0.4, 0.5) is 0 Å². The van der Waals surface area contributed by atoms with Gasteiger partial charge in [-0.25, -0.2) is 5.43 Å². The highest BCUT2D eigenvalue weighted by Gasteiger charge is 2.43. The summed E-state index contributed by atoms with van der Waals surface area (Å²) in [6.45, 7) is 2.29. The molecule has 1 aliphatic carbocycles. The first-order chi connectivity index (χ1) is 8.63. The van der Waals surface area contributed by atoms with Crippen LogP contribution in [0.25, 0.3) is 0 Å². The van der Waals surface area contributed by atoms with Gasteiger partial charge < -0.3 is 4.74 Å². The van der Waals surface area contributed by atoms with Crippen LogP contribution in [0.3, 0.4) is 0 Å². The summed E-state index contributed by atoms with van der Waals surface area (Å²) in [5.41, 5.74) is 4.00. The minimum atomic E-state index is -0.185. The quantitative estimate of drug-likeness (QED) is 0.654. The summed E-state index contributed by atoms with van der Waals surface area (Å²) in [6.07, 6.45) is 4.60. The molecule has 0 saturated heterocycles. The summed E-state index contributed by atoms with van der Waals surface area (Å²) in [6, 6.07) is 0.0471. The van der Waals surface area contributed by atoms with Crippen LogP contribution >= 0.6 is 27.3 Å². The van der Waals surface area contributed by atoms with Crippen molar-refractivity contribution >= 4 is 27.3 Å². The number of hydrogen-bond donors (Lipinski definition) is 2. The van der Waals surface area contributed by atoms with E-state index in [1.807, 2.05) is 7.11 Å². The summed E-state index contributed by atoms with van der Waals surface area (Å²) in [7, 11) is 1.81. The van der Waals surface area contributed by atoms with Gasteiger partial charge in [-0.15, -0.1) is 0 Å². The molecule has 1 aromatic heterocycles. The largest absolute Gasteiger partial charge is 0.376 e. The molecule has 0 radical (unpaired) electrons. The molecule has 2 rings (SSSR count). The molecule has 3 nitrogen and oxygen atoms in total. The second-order valence-corrected chi connectivity index (χ2v) is 6.84. The lowest BCUT2D eigenvalue weighted by Gasteiger charge is -2.44. The van der Waals surface area contributed by atoms with E-state index in [0.29, 0.717) is 5.92 Å². The van der Waals surface area contributed by atoms with Crippen molar-refractivity contribution in [3.63, 3.8) is 0 Å². The summed E-state index contributed by atoms with van der Waals surface area (Å²) in [4.78, 5) is 0. The summed E-state index contributed by atoms with van der Waals surface area (Å²) in [5.74, 6) is 6.51. The molecule has 18 heavy (non-hydrogen) atoms. The van der Waals surface area contributed by atoms with Crippen LogP contribution in [0, 0.1) is 5.92 Å². The Kier molecular flexibility index (Phi) is 4.83. The van der Waals surface area contributed by atoms with Gasteiger partial charge in [0, 0.05) is 17.0 Å². The van der Waals surface area contributed by atoms with Crippen molar-refractivity contribution in [2.45, 2.75) is 44.2 Å². The average Bonchev–Trinajstić information content (AvgIpc) is 2.77. The smallest absolute Gasteiger partial charge is 0.0888 e. The molecule has 102 valence electrons. The summed E-state index contributed by atoms with van der Waals surface area (Å²) in [5, 5.41) is 4.24. The second kappa shape index (κ2) is 6.01. The zero-order chi connectivity index (χ0) is 13.2. The molecule has 3 unspecified atom stereocenters. The van der Waals surface area contributed by atoms with Crippen LogP contribution in [0.2, 0.25) is 0 Å². The first-order valence-electron chi connectivity index (χ1n) is 6.36. The summed E-state index contributed by atoms with van der Waals surface area (Å²) < 4.78 is 7.04. The number of nitrogens with two attached hydrogens (primary N) is 1. The topological polar surface area (TPSA) is 47.3 Å². The molecule has 1 heterocycles. The van der Waals surface area contributed by atoms with E-state index in [1.165, 1.54) is 18.4 Å². The molecule has 3 atom stereocenters. The van der Waals surface area contributed by atoms with Gasteiger partial charge in [0.2, 0.25) is 0 Å². The van der Waals surface area contributed by atoms with E-state index in [1.54, 1.807) is 11.3 Å². The van der Waals surface area contributed by atoms with Gasteiger partial charge in [-0.1, -0.05) is 19.8 Å². The molecule has 0 spiro atoms. The van der Waals surface area contributed by atoms with Gasteiger partial charge in [-0.05, 0) is 45.6 Å². The average molecular weight is 333 g/mol. The van der Waals surface area contributed by atoms with Crippen molar-refractivity contribution in [2.75, 3.05) is 7.11 Å². The molecule has 0 bridgehead atoms. The Labute approximate surface area is 121 Å². The lowest BCUT2D eigenvalue weighted by atomic mass is 9.73.